The molecule has 4 aromatic carbocycles. The summed E-state index contributed by atoms with van der Waals surface area (Å²) < 4.78 is 13.5. The Balaban J connectivity index is 0.637. The second-order valence-corrected chi connectivity index (χ2v) is 18.9. The van der Waals surface area contributed by atoms with Gasteiger partial charge in [-0.15, -0.1) is 0 Å². The van der Waals surface area contributed by atoms with Gasteiger partial charge in [0.25, 0.3) is 0 Å². The molecule has 2 fully saturated rings. The first-order valence-electron chi connectivity index (χ1n) is 25.8. The lowest BCUT2D eigenvalue weighted by Crippen LogP contribution is -2.48. The van der Waals surface area contributed by atoms with E-state index < -0.39 is 0 Å². The summed E-state index contributed by atoms with van der Waals surface area (Å²) in [5, 5.41) is 24.2. The van der Waals surface area contributed by atoms with Crippen molar-refractivity contribution in [1.29, 1.82) is 5.41 Å². The van der Waals surface area contributed by atoms with E-state index >= 15 is 0 Å². The molecule has 0 bridgehead atoms. The minimum atomic E-state index is -0.287. The van der Waals surface area contributed by atoms with Crippen molar-refractivity contribution in [2.24, 2.45) is 10.9 Å². The van der Waals surface area contributed by atoms with Gasteiger partial charge in [0.05, 0.1) is 42.6 Å². The van der Waals surface area contributed by atoms with Crippen LogP contribution in [0.3, 0.4) is 0 Å². The van der Waals surface area contributed by atoms with Gasteiger partial charge in [0, 0.05) is 107 Å². The number of benzene rings is 4. The van der Waals surface area contributed by atoms with Crippen molar-refractivity contribution in [2.75, 3.05) is 89.3 Å². The Hall–Kier alpha value is -8.33. The van der Waals surface area contributed by atoms with Gasteiger partial charge in [0.15, 0.2) is 5.65 Å². The van der Waals surface area contributed by atoms with Crippen LogP contribution in [-0.4, -0.2) is 148 Å². The average Bonchev–Trinajstić information content (AvgIpc) is 3.88. The number of likely N-dealkylation sites (tertiary alicyclic amines) is 1. The van der Waals surface area contributed by atoms with Crippen LogP contribution in [0, 0.1) is 5.41 Å². The van der Waals surface area contributed by atoms with Crippen LogP contribution in [0.1, 0.15) is 54.8 Å². The van der Waals surface area contributed by atoms with Crippen molar-refractivity contribution < 1.29 is 28.7 Å². The predicted octanol–water partition coefficient (Wildman–Crippen LogP) is 4.90. The van der Waals surface area contributed by atoms with Gasteiger partial charge in [-0.1, -0.05) is 66.7 Å². The van der Waals surface area contributed by atoms with Crippen molar-refractivity contribution >= 4 is 57.6 Å². The molecule has 2 saturated heterocycles. The van der Waals surface area contributed by atoms with Crippen LogP contribution in [-0.2, 0) is 30.5 Å². The lowest BCUT2D eigenvalue weighted by Gasteiger charge is -2.34. The molecule has 0 unspecified atom stereocenters. The summed E-state index contributed by atoms with van der Waals surface area (Å²) in [6.45, 7) is 7.40. The fourth-order valence-electron chi connectivity index (χ4n) is 9.82. The summed E-state index contributed by atoms with van der Waals surface area (Å²) >= 11 is 0. The van der Waals surface area contributed by atoms with Gasteiger partial charge >= 0.3 is 0 Å². The highest BCUT2D eigenvalue weighted by Crippen LogP contribution is 2.35. The standard InChI is InChI=1S/C56H64N14O6/c57-52-44-14-5-4-10-40(44)36-69(46-16-7-6-15-45(46)54(52)64-59)50(74)23-22-47(71)61-26-35-75-34-24-48(72)60-25-29-67-32-30-66(31-33-67)27-9-17-49(73)68-28-8-11-41(37-68)70-56-51(55(58)62-38-63-56)53(65-70)39-18-20-43(21-19-39)76-42-12-2-1-3-13-42/h1-7,9-10,12-21,38,41,57H,8,11,22-37,59H2,(H,60,72)(H,61,71)(H2,58,62,63)/b17-9+,57-52?,64-54?/t41-/m1/s1. The average molecular weight is 1030 g/mol. The number of hydrogen-bond donors (Lipinski definition) is 5. The number of amides is 4. The quantitative estimate of drug-likeness (QED) is 0.0314. The third kappa shape index (κ3) is 12.9. The summed E-state index contributed by atoms with van der Waals surface area (Å²) in [4.78, 5) is 69.4. The Kier molecular flexibility index (Phi) is 17.5. The number of rotatable bonds is 19. The topological polar surface area (TPSA) is 256 Å². The number of nitrogens with one attached hydrogen (secondary N) is 3. The summed E-state index contributed by atoms with van der Waals surface area (Å²) in [6, 6.07) is 31.8. The molecule has 7 N–H and O–H groups in total. The number of piperidine rings is 1. The number of para-hydroxylation sites is 2. The lowest BCUT2D eigenvalue weighted by atomic mass is 9.92. The molecular weight excluding hydrogens is 965 g/mol. The monoisotopic (exact) mass is 1030 g/mol. The van der Waals surface area contributed by atoms with Crippen LogP contribution in [0.15, 0.2) is 127 Å². The van der Waals surface area contributed by atoms with Crippen molar-refractivity contribution in [3.63, 3.8) is 0 Å². The first-order valence-corrected chi connectivity index (χ1v) is 25.8. The molecule has 6 aromatic rings. The molecule has 0 aliphatic carbocycles. The third-order valence-corrected chi connectivity index (χ3v) is 13.9. The largest absolute Gasteiger partial charge is 0.457 e. The maximum atomic E-state index is 13.6. The number of nitrogens with two attached hydrogens (primary N) is 2. The number of nitrogen functional groups attached to an aromatic ring is 1. The number of anilines is 2. The Morgan fingerprint density at radius 1 is 0.776 bits per heavy atom. The molecular formula is C56H64N14O6. The molecule has 0 spiro atoms. The molecule has 9 rings (SSSR count). The van der Waals surface area contributed by atoms with Gasteiger partial charge in [-0.25, -0.2) is 14.6 Å². The minimum Gasteiger partial charge on any atom is -0.457 e. The maximum Gasteiger partial charge on any atom is 0.246 e. The Morgan fingerprint density at radius 2 is 1.49 bits per heavy atom. The molecule has 394 valence electrons. The van der Waals surface area contributed by atoms with Crippen LogP contribution in [0.5, 0.6) is 11.5 Å². The zero-order chi connectivity index (χ0) is 52.8. The highest BCUT2D eigenvalue weighted by atomic mass is 16.5. The van der Waals surface area contributed by atoms with E-state index in [0.29, 0.717) is 71.3 Å². The highest BCUT2D eigenvalue weighted by molar-refractivity contribution is 6.53. The first kappa shape index (κ1) is 52.5. The van der Waals surface area contributed by atoms with E-state index in [2.05, 4.69) is 35.5 Å². The number of fused-ring (bicyclic) bond motifs is 3. The van der Waals surface area contributed by atoms with Crippen LogP contribution in [0.2, 0.25) is 0 Å². The molecule has 3 aliphatic rings. The smallest absolute Gasteiger partial charge is 0.246 e. The summed E-state index contributed by atoms with van der Waals surface area (Å²) in [7, 11) is 0. The zero-order valence-electron chi connectivity index (χ0n) is 42.5. The number of ether oxygens (including phenoxy) is 2. The Bertz CT molecular complexity index is 3080. The van der Waals surface area contributed by atoms with E-state index in [1.165, 1.54) is 6.33 Å². The Labute approximate surface area is 441 Å². The molecule has 0 saturated carbocycles. The summed E-state index contributed by atoms with van der Waals surface area (Å²) in [5.74, 6) is 6.88. The minimum absolute atomic E-state index is 0.0181. The number of piperazine rings is 1. The van der Waals surface area contributed by atoms with Crippen molar-refractivity contribution in [3.05, 3.63) is 138 Å². The molecule has 5 heterocycles. The second-order valence-electron chi connectivity index (χ2n) is 18.9. The predicted molar refractivity (Wildman–Crippen MR) is 291 cm³/mol. The van der Waals surface area contributed by atoms with Crippen molar-refractivity contribution in [2.45, 2.75) is 44.7 Å². The molecule has 3 aliphatic heterocycles. The summed E-state index contributed by atoms with van der Waals surface area (Å²) in [6.07, 6.45) is 6.90. The van der Waals surface area contributed by atoms with Gasteiger partial charge in [-0.3, -0.25) is 34.4 Å². The first-order chi connectivity index (χ1) is 37.1. The molecule has 4 amide bonds. The number of hydrogen-bond acceptors (Lipinski definition) is 15. The fraction of sp³-hybridized carbons (Fsp3) is 0.339. The van der Waals surface area contributed by atoms with Crippen LogP contribution in [0.4, 0.5) is 11.5 Å². The van der Waals surface area contributed by atoms with Crippen molar-refractivity contribution in [3.8, 4) is 22.8 Å². The fourth-order valence-corrected chi connectivity index (χ4v) is 9.82. The lowest BCUT2D eigenvalue weighted by molar-refractivity contribution is -0.127. The zero-order valence-corrected chi connectivity index (χ0v) is 42.5. The van der Waals surface area contributed by atoms with E-state index in [-0.39, 0.29) is 86.7 Å². The van der Waals surface area contributed by atoms with E-state index in [9.17, 15) is 19.2 Å². The number of aromatic nitrogens is 4. The number of hydrazone groups is 1. The van der Waals surface area contributed by atoms with Gasteiger partial charge < -0.3 is 41.5 Å². The molecule has 20 heteroatoms. The van der Waals surface area contributed by atoms with Crippen LogP contribution in [0.25, 0.3) is 22.3 Å². The Morgan fingerprint density at radius 3 is 2.29 bits per heavy atom. The van der Waals surface area contributed by atoms with E-state index in [4.69, 9.17) is 31.6 Å². The third-order valence-electron chi connectivity index (χ3n) is 13.9. The highest BCUT2D eigenvalue weighted by Gasteiger charge is 2.30. The van der Waals surface area contributed by atoms with Gasteiger partial charge in [-0.2, -0.15) is 10.2 Å². The maximum absolute atomic E-state index is 13.6. The molecule has 2 aromatic heterocycles. The summed E-state index contributed by atoms with van der Waals surface area (Å²) in [5.41, 5.74) is 11.6. The van der Waals surface area contributed by atoms with Crippen LogP contribution >= 0.6 is 0 Å². The van der Waals surface area contributed by atoms with Crippen LogP contribution < -0.4 is 31.8 Å². The SMILES string of the molecule is N=C1C(=NN)c2ccccc2N(C(=O)CCC(=O)NCCOCCC(=O)NCCN2CCN(C/C=C/C(=O)N3CCC[C@@H](n4nc(-c5ccc(Oc6ccccc6)cc5)c5c(N)ncnc54)C3)CC2)Cc2ccccc21. The van der Waals surface area contributed by atoms with E-state index in [1.807, 2.05) is 101 Å². The molecule has 76 heavy (non-hydrogen) atoms. The van der Waals surface area contributed by atoms with E-state index in [1.54, 1.807) is 29.2 Å². The van der Waals surface area contributed by atoms with E-state index in [0.717, 1.165) is 62.4 Å². The number of carbonyl (C=O) groups excluding carboxylic acids is 4. The number of carbonyl (C=O) groups is 4. The normalized spacial score (nSPS) is 16.8. The van der Waals surface area contributed by atoms with Gasteiger partial charge in [0.2, 0.25) is 23.6 Å². The number of nitrogens with zero attached hydrogens (tertiary/aromatic N) is 9. The van der Waals surface area contributed by atoms with Crippen molar-refractivity contribution in [1.82, 2.24) is 45.1 Å². The molecule has 0 radical (unpaired) electrons. The van der Waals surface area contributed by atoms with Gasteiger partial charge in [-0.05, 0) is 60.9 Å². The molecule has 20 nitrogen and oxygen atoms in total. The molecule has 1 atom stereocenters. The van der Waals surface area contributed by atoms with Gasteiger partial charge in [0.1, 0.15) is 35.0 Å². The second kappa shape index (κ2) is 25.3.